The second-order valence-corrected chi connectivity index (χ2v) is 11.8. The number of fused-ring (bicyclic) bond motifs is 2. The Bertz CT molecular complexity index is 1590. The Morgan fingerprint density at radius 1 is 1.00 bits per heavy atom. The van der Waals surface area contributed by atoms with Gasteiger partial charge in [-0.3, -0.25) is 4.79 Å². The molecule has 2 saturated heterocycles. The lowest BCUT2D eigenvalue weighted by atomic mass is 9.99. The summed E-state index contributed by atoms with van der Waals surface area (Å²) in [5.74, 6) is -0.182. The van der Waals surface area contributed by atoms with Crippen LogP contribution >= 0.6 is 11.6 Å². The molecule has 3 aromatic carbocycles. The van der Waals surface area contributed by atoms with Gasteiger partial charge in [-0.05, 0) is 47.4 Å². The van der Waals surface area contributed by atoms with Gasteiger partial charge in [0.25, 0.3) is 6.01 Å². The standard InChI is InChI=1S/C33H37ClN4O7/c34-25-13-27-26(37-33(38-27)45-29-18-44-31-28(41)17-43-32(29)31)12-24(25)22-9-7-21(8-10-22)20-5-3-19(4-6-20)14-35-11-1-2-30(42)36-23(15-39)16-40/h3-10,12-13,23,28-29,31-32,35,39-41H,1-2,11,14-18H2,(H,36,42)(H,37,38)/t28-,29-,31?,32-/m1/s1. The van der Waals surface area contributed by atoms with Crippen LogP contribution in [0.15, 0.2) is 60.7 Å². The molecule has 4 atom stereocenters. The summed E-state index contributed by atoms with van der Waals surface area (Å²) in [4.78, 5) is 19.6. The maximum absolute atomic E-state index is 11.8. The number of benzene rings is 3. The lowest BCUT2D eigenvalue weighted by molar-refractivity contribution is -0.122. The van der Waals surface area contributed by atoms with Crippen molar-refractivity contribution in [2.45, 2.75) is 49.8 Å². The quantitative estimate of drug-likeness (QED) is 0.121. The lowest BCUT2D eigenvalue weighted by Crippen LogP contribution is -2.40. The molecule has 6 rings (SSSR count). The zero-order valence-electron chi connectivity index (χ0n) is 24.6. The maximum Gasteiger partial charge on any atom is 0.295 e. The predicted molar refractivity (Wildman–Crippen MR) is 169 cm³/mol. The summed E-state index contributed by atoms with van der Waals surface area (Å²) in [5.41, 5.74) is 6.62. The van der Waals surface area contributed by atoms with E-state index in [-0.39, 0.29) is 44.0 Å². The van der Waals surface area contributed by atoms with Crippen LogP contribution in [0.3, 0.4) is 0 Å². The third-order valence-electron chi connectivity index (χ3n) is 8.17. The number of ether oxygens (including phenoxy) is 3. The van der Waals surface area contributed by atoms with Crippen LogP contribution < -0.4 is 15.4 Å². The summed E-state index contributed by atoms with van der Waals surface area (Å²) < 4.78 is 17.3. The fourth-order valence-corrected chi connectivity index (χ4v) is 5.96. The number of hydrogen-bond acceptors (Lipinski definition) is 9. The highest BCUT2D eigenvalue weighted by molar-refractivity contribution is 6.34. The molecule has 0 bridgehead atoms. The van der Waals surface area contributed by atoms with Crippen molar-refractivity contribution in [1.29, 1.82) is 0 Å². The van der Waals surface area contributed by atoms with Crippen LogP contribution in [0.2, 0.25) is 5.02 Å². The summed E-state index contributed by atoms with van der Waals surface area (Å²) in [5, 5.41) is 34.6. The van der Waals surface area contributed by atoms with Crippen LogP contribution in [0.1, 0.15) is 18.4 Å². The Morgan fingerprint density at radius 3 is 2.42 bits per heavy atom. The van der Waals surface area contributed by atoms with E-state index in [0.717, 1.165) is 38.9 Å². The van der Waals surface area contributed by atoms with Gasteiger partial charge in [0.05, 0.1) is 48.5 Å². The molecule has 1 amide bonds. The van der Waals surface area contributed by atoms with Gasteiger partial charge >= 0.3 is 0 Å². The minimum absolute atomic E-state index is 0.182. The van der Waals surface area contributed by atoms with Crippen molar-refractivity contribution < 1.29 is 34.3 Å². The lowest BCUT2D eigenvalue weighted by Gasteiger charge is -2.15. The zero-order valence-corrected chi connectivity index (χ0v) is 25.4. The van der Waals surface area contributed by atoms with Gasteiger partial charge in [-0.25, -0.2) is 0 Å². The summed E-state index contributed by atoms with van der Waals surface area (Å²) in [6.45, 7) is 1.36. The molecule has 45 heavy (non-hydrogen) atoms. The smallest absolute Gasteiger partial charge is 0.295 e. The van der Waals surface area contributed by atoms with Gasteiger partial charge in [0.15, 0.2) is 6.10 Å². The molecule has 0 spiro atoms. The van der Waals surface area contributed by atoms with Crippen LogP contribution in [0, 0.1) is 0 Å². The molecule has 2 aliphatic rings. The fourth-order valence-electron chi connectivity index (χ4n) is 5.69. The molecule has 1 unspecified atom stereocenters. The number of carbonyl (C=O) groups is 1. The summed E-state index contributed by atoms with van der Waals surface area (Å²) in [6, 6.07) is 20.1. The van der Waals surface area contributed by atoms with Crippen molar-refractivity contribution in [3.8, 4) is 28.3 Å². The van der Waals surface area contributed by atoms with E-state index in [4.69, 9.17) is 36.0 Å². The molecule has 6 N–H and O–H groups in total. The van der Waals surface area contributed by atoms with Gasteiger partial charge < -0.3 is 45.1 Å². The molecule has 2 aliphatic heterocycles. The molecule has 0 aliphatic carbocycles. The van der Waals surface area contributed by atoms with E-state index in [1.165, 1.54) is 0 Å². The second-order valence-electron chi connectivity index (χ2n) is 11.4. The number of halogens is 1. The molecule has 1 aromatic heterocycles. The number of carbonyl (C=O) groups excluding carboxylic acids is 1. The number of aliphatic hydroxyl groups excluding tert-OH is 3. The average molecular weight is 637 g/mol. The SMILES string of the molecule is O=C(CCCNCc1ccc(-c2ccc(-c3cc4nc(O[C@@H]5COC6[C@H](O)CO[C@@H]65)[nH]c4cc3Cl)cc2)cc1)NC(CO)CO. The van der Waals surface area contributed by atoms with E-state index in [9.17, 15) is 9.90 Å². The number of H-pyrrole nitrogens is 1. The van der Waals surface area contributed by atoms with Gasteiger partial charge in [-0.1, -0.05) is 60.1 Å². The first-order valence-corrected chi connectivity index (χ1v) is 15.5. The summed E-state index contributed by atoms with van der Waals surface area (Å²) >= 11 is 6.69. The van der Waals surface area contributed by atoms with Crippen molar-refractivity contribution in [2.75, 3.05) is 33.0 Å². The molecular weight excluding hydrogens is 600 g/mol. The van der Waals surface area contributed by atoms with Crippen molar-refractivity contribution in [3.05, 3.63) is 71.2 Å². The number of rotatable bonds is 13. The van der Waals surface area contributed by atoms with Gasteiger partial charge in [0, 0.05) is 18.5 Å². The predicted octanol–water partition coefficient (Wildman–Crippen LogP) is 2.80. The normalized spacial score (nSPS) is 21.0. The second kappa shape index (κ2) is 14.3. The first-order valence-electron chi connectivity index (χ1n) is 15.1. The number of nitrogens with zero attached hydrogens (tertiary/aromatic N) is 1. The van der Waals surface area contributed by atoms with Crippen LogP contribution in [-0.4, -0.2) is 94.6 Å². The third-order valence-corrected chi connectivity index (χ3v) is 8.48. The Hall–Kier alpha value is -3.55. The molecule has 11 nitrogen and oxygen atoms in total. The molecule has 12 heteroatoms. The molecule has 0 saturated carbocycles. The topological polar surface area (TPSA) is 158 Å². The van der Waals surface area contributed by atoms with Crippen LogP contribution in [0.4, 0.5) is 0 Å². The molecular formula is C33H37ClN4O7. The van der Waals surface area contributed by atoms with E-state index >= 15 is 0 Å². The highest BCUT2D eigenvalue weighted by Gasteiger charge is 2.48. The van der Waals surface area contributed by atoms with Crippen molar-refractivity contribution in [3.63, 3.8) is 0 Å². The summed E-state index contributed by atoms with van der Waals surface area (Å²) in [6.07, 6.45) is -0.708. The average Bonchev–Trinajstić information content (AvgIpc) is 3.75. The van der Waals surface area contributed by atoms with Crippen molar-refractivity contribution in [2.24, 2.45) is 0 Å². The molecule has 238 valence electrons. The Labute approximate surface area is 265 Å². The van der Waals surface area contributed by atoms with Gasteiger partial charge in [0.2, 0.25) is 5.91 Å². The molecule has 3 heterocycles. The highest BCUT2D eigenvalue weighted by Crippen LogP contribution is 2.35. The monoisotopic (exact) mass is 636 g/mol. The van der Waals surface area contributed by atoms with Gasteiger partial charge in [0.1, 0.15) is 18.3 Å². The minimum Gasteiger partial charge on any atom is -0.456 e. The van der Waals surface area contributed by atoms with E-state index in [2.05, 4.69) is 57.0 Å². The van der Waals surface area contributed by atoms with Gasteiger partial charge in [-0.15, -0.1) is 0 Å². The molecule has 2 fully saturated rings. The number of aliphatic hydroxyl groups is 3. The molecule has 4 aromatic rings. The minimum atomic E-state index is -0.639. The number of aromatic nitrogens is 2. The number of nitrogens with one attached hydrogen (secondary N) is 3. The van der Waals surface area contributed by atoms with Crippen molar-refractivity contribution in [1.82, 2.24) is 20.6 Å². The van der Waals surface area contributed by atoms with Crippen LogP contribution in [-0.2, 0) is 20.8 Å². The maximum atomic E-state index is 11.8. The number of aromatic amines is 1. The van der Waals surface area contributed by atoms with E-state index in [0.29, 0.717) is 43.6 Å². The fraction of sp³-hybridized carbons (Fsp3) is 0.394. The third kappa shape index (κ3) is 7.31. The van der Waals surface area contributed by atoms with E-state index < -0.39 is 12.1 Å². The van der Waals surface area contributed by atoms with E-state index in [1.807, 2.05) is 24.3 Å². The van der Waals surface area contributed by atoms with E-state index in [1.54, 1.807) is 0 Å². The Balaban J connectivity index is 1.03. The van der Waals surface area contributed by atoms with Gasteiger partial charge in [-0.2, -0.15) is 4.98 Å². The first kappa shape index (κ1) is 31.4. The Morgan fingerprint density at radius 2 is 1.69 bits per heavy atom. The zero-order chi connectivity index (χ0) is 31.3. The number of imidazole rings is 1. The van der Waals surface area contributed by atoms with Crippen LogP contribution in [0.5, 0.6) is 6.01 Å². The Kier molecular flexibility index (Phi) is 9.96. The summed E-state index contributed by atoms with van der Waals surface area (Å²) in [7, 11) is 0. The largest absolute Gasteiger partial charge is 0.456 e. The van der Waals surface area contributed by atoms with Crippen molar-refractivity contribution >= 4 is 28.5 Å². The van der Waals surface area contributed by atoms with Crippen LogP contribution in [0.25, 0.3) is 33.3 Å². The highest BCUT2D eigenvalue weighted by atomic mass is 35.5. The number of hydrogen-bond donors (Lipinski definition) is 6. The first-order chi connectivity index (χ1) is 21.9. The number of amides is 1. The molecule has 0 radical (unpaired) electrons.